The topological polar surface area (TPSA) is 80.9 Å². The van der Waals surface area contributed by atoms with Crippen molar-refractivity contribution in [2.45, 2.75) is 57.0 Å². The fraction of sp³-hybridized carbons (Fsp3) is 0.643. The molecule has 0 bridgehead atoms. The number of amides is 1. The minimum absolute atomic E-state index is 0.321. The Labute approximate surface area is 114 Å². The molecule has 5 nitrogen and oxygen atoms in total. The molecule has 104 valence electrons. The summed E-state index contributed by atoms with van der Waals surface area (Å²) in [4.78, 5) is 20.1. The fourth-order valence-electron chi connectivity index (χ4n) is 2.66. The number of aromatic nitrogens is 2. The Hall–Kier alpha value is -1.49. The van der Waals surface area contributed by atoms with Crippen LogP contribution in [-0.2, 0) is 10.3 Å². The molecular formula is C14H22N4O. The summed E-state index contributed by atoms with van der Waals surface area (Å²) in [6, 6.07) is 0.321. The predicted molar refractivity (Wildman–Crippen MR) is 73.2 cm³/mol. The Bertz CT molecular complexity index is 415. The van der Waals surface area contributed by atoms with E-state index in [1.54, 1.807) is 25.5 Å². The van der Waals surface area contributed by atoms with Crippen molar-refractivity contribution < 1.29 is 4.79 Å². The quantitative estimate of drug-likeness (QED) is 0.806. The van der Waals surface area contributed by atoms with Crippen LogP contribution in [0.3, 0.4) is 0 Å². The van der Waals surface area contributed by atoms with Gasteiger partial charge in [-0.3, -0.25) is 20.1 Å². The number of nitrogens with two attached hydrogens (primary N) is 1. The van der Waals surface area contributed by atoms with Crippen molar-refractivity contribution >= 4 is 5.91 Å². The van der Waals surface area contributed by atoms with E-state index < -0.39 is 11.4 Å². The van der Waals surface area contributed by atoms with Crippen molar-refractivity contribution in [1.29, 1.82) is 0 Å². The second-order valence-corrected chi connectivity index (χ2v) is 5.41. The third kappa shape index (κ3) is 3.29. The van der Waals surface area contributed by atoms with Crippen LogP contribution in [0.15, 0.2) is 18.6 Å². The molecule has 1 unspecified atom stereocenters. The standard InChI is InChI=1S/C14H22N4O/c1-14(13(15)19,12-10-16-8-9-17-12)18-11-6-4-2-3-5-7-11/h8-11,18H,2-7H2,1H3,(H2,15,19). The summed E-state index contributed by atoms with van der Waals surface area (Å²) in [5, 5.41) is 3.41. The number of hydrogen-bond donors (Lipinski definition) is 2. The van der Waals surface area contributed by atoms with E-state index in [-0.39, 0.29) is 0 Å². The van der Waals surface area contributed by atoms with E-state index in [2.05, 4.69) is 15.3 Å². The molecule has 1 aromatic heterocycles. The molecule has 3 N–H and O–H groups in total. The van der Waals surface area contributed by atoms with Gasteiger partial charge in [0, 0.05) is 18.4 Å². The third-order valence-electron chi connectivity index (χ3n) is 3.92. The third-order valence-corrected chi connectivity index (χ3v) is 3.92. The number of primary amides is 1. The summed E-state index contributed by atoms with van der Waals surface area (Å²) in [7, 11) is 0. The maximum absolute atomic E-state index is 11.9. The van der Waals surface area contributed by atoms with Crippen LogP contribution in [-0.4, -0.2) is 21.9 Å². The zero-order chi connectivity index (χ0) is 13.7. The van der Waals surface area contributed by atoms with Crippen LogP contribution < -0.4 is 11.1 Å². The number of nitrogens with one attached hydrogen (secondary N) is 1. The molecule has 1 fully saturated rings. The van der Waals surface area contributed by atoms with Gasteiger partial charge in [-0.1, -0.05) is 25.7 Å². The first-order chi connectivity index (χ1) is 9.13. The highest BCUT2D eigenvalue weighted by atomic mass is 16.1. The zero-order valence-corrected chi connectivity index (χ0v) is 11.4. The van der Waals surface area contributed by atoms with E-state index in [1.807, 2.05) is 0 Å². The largest absolute Gasteiger partial charge is 0.368 e. The second-order valence-electron chi connectivity index (χ2n) is 5.41. The van der Waals surface area contributed by atoms with Gasteiger partial charge in [-0.25, -0.2) is 0 Å². The number of hydrogen-bond acceptors (Lipinski definition) is 4. The molecule has 0 aliphatic heterocycles. The average molecular weight is 262 g/mol. The van der Waals surface area contributed by atoms with E-state index in [4.69, 9.17) is 5.73 Å². The minimum Gasteiger partial charge on any atom is -0.368 e. The molecule has 2 rings (SSSR count). The van der Waals surface area contributed by atoms with Gasteiger partial charge in [-0.05, 0) is 19.8 Å². The van der Waals surface area contributed by atoms with E-state index in [9.17, 15) is 4.79 Å². The smallest absolute Gasteiger partial charge is 0.243 e. The Balaban J connectivity index is 2.17. The van der Waals surface area contributed by atoms with Crippen molar-refractivity contribution in [1.82, 2.24) is 15.3 Å². The molecule has 1 saturated carbocycles. The number of carbonyl (C=O) groups excluding carboxylic acids is 1. The Morgan fingerprint density at radius 1 is 1.32 bits per heavy atom. The van der Waals surface area contributed by atoms with Gasteiger partial charge in [0.25, 0.3) is 0 Å². The summed E-state index contributed by atoms with van der Waals surface area (Å²) < 4.78 is 0. The lowest BCUT2D eigenvalue weighted by Gasteiger charge is -2.31. The maximum Gasteiger partial charge on any atom is 0.243 e. The molecular weight excluding hydrogens is 240 g/mol. The highest BCUT2D eigenvalue weighted by Crippen LogP contribution is 2.23. The van der Waals surface area contributed by atoms with Gasteiger partial charge in [-0.2, -0.15) is 0 Å². The van der Waals surface area contributed by atoms with Gasteiger partial charge in [-0.15, -0.1) is 0 Å². The lowest BCUT2D eigenvalue weighted by molar-refractivity contribution is -0.124. The van der Waals surface area contributed by atoms with E-state index in [0.29, 0.717) is 11.7 Å². The average Bonchev–Trinajstić information content (AvgIpc) is 2.68. The lowest BCUT2D eigenvalue weighted by Crippen LogP contribution is -2.54. The predicted octanol–water partition coefficient (Wildman–Crippen LogP) is 1.49. The van der Waals surface area contributed by atoms with Gasteiger partial charge < -0.3 is 5.73 Å². The Kier molecular flexibility index (Phi) is 4.47. The first-order valence-corrected chi connectivity index (χ1v) is 6.97. The van der Waals surface area contributed by atoms with E-state index in [1.165, 1.54) is 25.7 Å². The monoisotopic (exact) mass is 262 g/mol. The van der Waals surface area contributed by atoms with Crippen LogP contribution in [0.5, 0.6) is 0 Å². The van der Waals surface area contributed by atoms with Crippen LogP contribution in [0.4, 0.5) is 0 Å². The Morgan fingerprint density at radius 2 is 2.00 bits per heavy atom. The van der Waals surface area contributed by atoms with Crippen LogP contribution in [0, 0.1) is 0 Å². The van der Waals surface area contributed by atoms with Crippen molar-refractivity contribution in [2.75, 3.05) is 0 Å². The SMILES string of the molecule is CC(NC1CCCCCC1)(C(N)=O)c1cnccn1. The van der Waals surface area contributed by atoms with Gasteiger partial charge in [0.15, 0.2) is 0 Å². The van der Waals surface area contributed by atoms with Gasteiger partial charge >= 0.3 is 0 Å². The van der Waals surface area contributed by atoms with Crippen molar-refractivity contribution in [3.8, 4) is 0 Å². The molecule has 0 spiro atoms. The summed E-state index contributed by atoms with van der Waals surface area (Å²) in [5.74, 6) is -0.405. The van der Waals surface area contributed by atoms with E-state index >= 15 is 0 Å². The molecule has 1 amide bonds. The molecule has 19 heavy (non-hydrogen) atoms. The lowest BCUT2D eigenvalue weighted by atomic mass is 9.94. The number of carbonyl (C=O) groups is 1. The summed E-state index contributed by atoms with van der Waals surface area (Å²) in [6.07, 6.45) is 11.9. The van der Waals surface area contributed by atoms with Crippen molar-refractivity contribution in [2.24, 2.45) is 5.73 Å². The van der Waals surface area contributed by atoms with Crippen LogP contribution in [0.2, 0.25) is 0 Å². The highest BCUT2D eigenvalue weighted by Gasteiger charge is 2.36. The summed E-state index contributed by atoms with van der Waals surface area (Å²) >= 11 is 0. The minimum atomic E-state index is -0.941. The van der Waals surface area contributed by atoms with E-state index in [0.717, 1.165) is 12.8 Å². The molecule has 1 aliphatic carbocycles. The second kappa shape index (κ2) is 6.10. The van der Waals surface area contributed by atoms with Gasteiger partial charge in [0.1, 0.15) is 5.54 Å². The van der Waals surface area contributed by atoms with Crippen LogP contribution in [0.1, 0.15) is 51.1 Å². The van der Waals surface area contributed by atoms with Crippen molar-refractivity contribution in [3.05, 3.63) is 24.3 Å². The van der Waals surface area contributed by atoms with Gasteiger partial charge in [0.05, 0.1) is 11.9 Å². The molecule has 0 radical (unpaired) electrons. The van der Waals surface area contributed by atoms with Crippen molar-refractivity contribution in [3.63, 3.8) is 0 Å². The number of rotatable bonds is 4. The first kappa shape index (κ1) is 13.9. The van der Waals surface area contributed by atoms with Crippen LogP contribution >= 0.6 is 0 Å². The van der Waals surface area contributed by atoms with Gasteiger partial charge in [0.2, 0.25) is 5.91 Å². The normalized spacial score (nSPS) is 20.5. The molecule has 1 aliphatic rings. The Morgan fingerprint density at radius 3 is 2.53 bits per heavy atom. The molecule has 1 aromatic rings. The molecule has 0 saturated heterocycles. The number of nitrogens with zero attached hydrogens (tertiary/aromatic N) is 2. The molecule has 1 heterocycles. The molecule has 1 atom stereocenters. The zero-order valence-electron chi connectivity index (χ0n) is 11.4. The summed E-state index contributed by atoms with van der Waals surface area (Å²) in [6.45, 7) is 1.80. The summed E-state index contributed by atoms with van der Waals surface area (Å²) in [5.41, 5.74) is 5.24. The van der Waals surface area contributed by atoms with Crippen LogP contribution in [0.25, 0.3) is 0 Å². The maximum atomic E-state index is 11.9. The molecule has 0 aromatic carbocycles. The fourth-order valence-corrected chi connectivity index (χ4v) is 2.66. The molecule has 5 heteroatoms. The first-order valence-electron chi connectivity index (χ1n) is 6.97. The highest BCUT2D eigenvalue weighted by molar-refractivity contribution is 5.85.